The summed E-state index contributed by atoms with van der Waals surface area (Å²) in [7, 11) is 1.82. The summed E-state index contributed by atoms with van der Waals surface area (Å²) in [5, 5.41) is 4.90. The second-order valence-corrected chi connectivity index (χ2v) is 6.79. The van der Waals surface area contributed by atoms with Gasteiger partial charge in [0.1, 0.15) is 5.82 Å². The Morgan fingerprint density at radius 3 is 2.83 bits per heavy atom. The third kappa shape index (κ3) is 5.58. The summed E-state index contributed by atoms with van der Waals surface area (Å²) in [4.78, 5) is 7.14. The van der Waals surface area contributed by atoms with Crippen molar-refractivity contribution < 1.29 is 9.39 Å². The first-order valence-corrected chi connectivity index (χ1v) is 10.4. The number of allylic oxidation sites excluding steroid dienone is 6. The van der Waals surface area contributed by atoms with Gasteiger partial charge in [0.05, 0.1) is 18.9 Å². The second kappa shape index (κ2) is 11.0. The van der Waals surface area contributed by atoms with Crippen LogP contribution in [0, 0.1) is 0 Å². The van der Waals surface area contributed by atoms with Gasteiger partial charge in [-0.25, -0.2) is 4.98 Å². The van der Waals surface area contributed by atoms with Crippen molar-refractivity contribution in [3.05, 3.63) is 53.9 Å². The van der Waals surface area contributed by atoms with E-state index in [9.17, 15) is 0 Å². The number of aromatic nitrogens is 3. The molecule has 29 heavy (non-hydrogen) atoms. The summed E-state index contributed by atoms with van der Waals surface area (Å²) in [6.45, 7) is 9.94. The maximum Gasteiger partial charge on any atom is 0.298 e. The zero-order chi connectivity index (χ0) is 20.5. The average molecular weight is 393 g/mol. The van der Waals surface area contributed by atoms with Crippen LogP contribution < -0.4 is 4.90 Å². The highest BCUT2D eigenvalue weighted by molar-refractivity contribution is 6.26. The van der Waals surface area contributed by atoms with Crippen LogP contribution in [0.4, 0.5) is 5.82 Å². The molecule has 0 bridgehead atoms. The Morgan fingerprint density at radius 1 is 1.28 bits per heavy atom. The van der Waals surface area contributed by atoms with E-state index >= 15 is 0 Å². The Hall–Kier alpha value is -2.38. The van der Waals surface area contributed by atoms with Crippen LogP contribution in [0.15, 0.2) is 42.5 Å². The van der Waals surface area contributed by atoms with E-state index in [1.165, 1.54) is 0 Å². The molecule has 3 heterocycles. The average Bonchev–Trinajstić information content (AvgIpc) is 3.17. The largest absolute Gasteiger partial charge is 0.440 e. The number of morpholine rings is 1. The molecule has 0 aromatic carbocycles. The second-order valence-electron chi connectivity index (χ2n) is 6.79. The Bertz CT molecular complexity index is 882. The highest BCUT2D eigenvalue weighted by Gasteiger charge is 2.18. The minimum Gasteiger partial charge on any atom is -0.440 e. The van der Waals surface area contributed by atoms with Gasteiger partial charge in [-0.1, -0.05) is 37.3 Å². The zero-order valence-corrected chi connectivity index (χ0v) is 17.7. The van der Waals surface area contributed by atoms with Gasteiger partial charge in [-0.3, -0.25) is 0 Å². The molecule has 2 aromatic heterocycles. The lowest BCUT2D eigenvalue weighted by Gasteiger charge is -2.29. The summed E-state index contributed by atoms with van der Waals surface area (Å²) in [6, 6.07) is 4.17. The Labute approximate surface area is 174 Å². The van der Waals surface area contributed by atoms with E-state index in [4.69, 9.17) is 19.5 Å². The van der Waals surface area contributed by atoms with Gasteiger partial charge in [0.25, 0.3) is 7.48 Å². The molecule has 6 nitrogen and oxygen atoms in total. The minimum absolute atomic E-state index is 0.665. The fraction of sp³-hybridized carbons (Fsp3) is 0.455. The molecular weight excluding hydrogens is 363 g/mol. The first-order valence-electron chi connectivity index (χ1n) is 10.4. The predicted octanol–water partition coefficient (Wildman–Crippen LogP) is 3.65. The van der Waals surface area contributed by atoms with Crippen molar-refractivity contribution >= 4 is 24.5 Å². The van der Waals surface area contributed by atoms with E-state index < -0.39 is 0 Å². The van der Waals surface area contributed by atoms with Crippen LogP contribution in [0.2, 0.25) is 0 Å². The molecule has 0 amide bonds. The molecule has 1 fully saturated rings. The van der Waals surface area contributed by atoms with Gasteiger partial charge in [-0.15, -0.1) is 0 Å². The molecule has 0 aliphatic carbocycles. The van der Waals surface area contributed by atoms with Crippen molar-refractivity contribution in [3.8, 4) is 0 Å². The van der Waals surface area contributed by atoms with E-state index in [0.29, 0.717) is 12.9 Å². The molecule has 0 N–H and O–H groups in total. The summed E-state index contributed by atoms with van der Waals surface area (Å²) in [6.07, 6.45) is 12.1. The van der Waals surface area contributed by atoms with Crippen molar-refractivity contribution in [3.63, 3.8) is 0 Å². The van der Waals surface area contributed by atoms with Crippen LogP contribution in [-0.4, -0.2) is 55.0 Å². The van der Waals surface area contributed by atoms with Gasteiger partial charge in [0.15, 0.2) is 5.65 Å². The lowest BCUT2D eigenvalue weighted by atomic mass is 9.92. The number of anilines is 1. The molecule has 153 valence electrons. The van der Waals surface area contributed by atoms with Crippen LogP contribution in [-0.2, 0) is 15.7 Å². The van der Waals surface area contributed by atoms with E-state index in [1.807, 2.05) is 31.9 Å². The lowest BCUT2D eigenvalue weighted by Crippen LogP contribution is -2.37. The van der Waals surface area contributed by atoms with Gasteiger partial charge in [-0.2, -0.15) is 9.61 Å². The van der Waals surface area contributed by atoms with Crippen LogP contribution in [0.3, 0.4) is 0 Å². The molecule has 3 rings (SSSR count). The molecule has 0 saturated carbocycles. The van der Waals surface area contributed by atoms with Gasteiger partial charge in [0.2, 0.25) is 0 Å². The molecule has 1 radical (unpaired) electrons. The zero-order valence-electron chi connectivity index (χ0n) is 17.7. The topological polar surface area (TPSA) is 51.9 Å². The van der Waals surface area contributed by atoms with Crippen LogP contribution in [0.5, 0.6) is 0 Å². The van der Waals surface area contributed by atoms with Crippen LogP contribution >= 0.6 is 0 Å². The molecule has 0 atom stereocenters. The Balaban J connectivity index is 2.03. The van der Waals surface area contributed by atoms with E-state index in [-0.39, 0.29) is 0 Å². The molecule has 1 aliphatic heterocycles. The van der Waals surface area contributed by atoms with Gasteiger partial charge >= 0.3 is 0 Å². The van der Waals surface area contributed by atoms with Crippen molar-refractivity contribution in [1.29, 1.82) is 0 Å². The Morgan fingerprint density at radius 2 is 2.10 bits per heavy atom. The summed E-state index contributed by atoms with van der Waals surface area (Å²) in [5.74, 6) is 1.05. The standard InChI is InChI=1S/C22H30BN4O2/c1-4-7-8-10-18(9-5-2)20-16-21-24-19(17-23-29-6-3)15-22(27(21)25-20)26-11-13-28-14-12-26/h5,7-10,15-16H,4,6,11-14,17H2,1-3H3/b8-7+,9-5-,18-10+. The number of fused-ring (bicyclic) bond motifs is 1. The molecule has 1 aliphatic rings. The third-order valence-corrected chi connectivity index (χ3v) is 4.66. The minimum atomic E-state index is 0.665. The highest BCUT2D eigenvalue weighted by atomic mass is 16.5. The predicted molar refractivity (Wildman–Crippen MR) is 119 cm³/mol. The van der Waals surface area contributed by atoms with E-state index in [1.54, 1.807) is 0 Å². The monoisotopic (exact) mass is 393 g/mol. The van der Waals surface area contributed by atoms with Crippen molar-refractivity contribution in [2.45, 2.75) is 33.5 Å². The number of rotatable bonds is 9. The maximum absolute atomic E-state index is 5.53. The number of nitrogens with zero attached hydrogens (tertiary/aromatic N) is 4. The molecule has 1 saturated heterocycles. The number of ether oxygens (including phenoxy) is 1. The molecule has 0 unspecified atom stereocenters. The maximum atomic E-state index is 5.53. The normalized spacial score (nSPS) is 15.8. The molecule has 2 aromatic rings. The number of hydrogen-bond donors (Lipinski definition) is 0. The quantitative estimate of drug-likeness (QED) is 0.370. The summed E-state index contributed by atoms with van der Waals surface area (Å²) < 4.78 is 12.9. The summed E-state index contributed by atoms with van der Waals surface area (Å²) >= 11 is 0. The first kappa shape index (κ1) is 21.3. The summed E-state index contributed by atoms with van der Waals surface area (Å²) in [5.41, 5.74) is 3.80. The SMILES string of the molecule is C\C=C/C(=C\C=C\CC)c1cc2nc(C[B]OCC)cc(N3CCOCC3)n2n1. The van der Waals surface area contributed by atoms with Crippen molar-refractivity contribution in [2.75, 3.05) is 37.8 Å². The highest BCUT2D eigenvalue weighted by Crippen LogP contribution is 2.23. The van der Waals surface area contributed by atoms with Crippen molar-refractivity contribution in [2.24, 2.45) is 0 Å². The molecule has 7 heteroatoms. The molecular formula is C22H30BN4O2. The van der Waals surface area contributed by atoms with Crippen molar-refractivity contribution in [1.82, 2.24) is 14.6 Å². The van der Waals surface area contributed by atoms with Gasteiger partial charge in [-0.05, 0) is 26.6 Å². The fourth-order valence-corrected chi connectivity index (χ4v) is 3.25. The number of hydrogen-bond acceptors (Lipinski definition) is 5. The Kier molecular flexibility index (Phi) is 8.08. The fourth-order valence-electron chi connectivity index (χ4n) is 3.25. The van der Waals surface area contributed by atoms with Crippen LogP contribution in [0.1, 0.15) is 38.6 Å². The van der Waals surface area contributed by atoms with Gasteiger partial charge in [0, 0.05) is 43.1 Å². The third-order valence-electron chi connectivity index (χ3n) is 4.66. The van der Waals surface area contributed by atoms with Gasteiger partial charge < -0.3 is 14.3 Å². The van der Waals surface area contributed by atoms with Crippen LogP contribution in [0.25, 0.3) is 11.2 Å². The van der Waals surface area contributed by atoms with E-state index in [0.717, 1.165) is 61.2 Å². The van der Waals surface area contributed by atoms with E-state index in [2.05, 4.69) is 48.3 Å². The smallest absolute Gasteiger partial charge is 0.298 e. The molecule has 0 spiro atoms. The first-order chi connectivity index (χ1) is 14.3. The lowest BCUT2D eigenvalue weighted by molar-refractivity contribution is 0.122.